The zero-order valence-electron chi connectivity index (χ0n) is 16.0. The van der Waals surface area contributed by atoms with Gasteiger partial charge in [0, 0.05) is 12.6 Å². The van der Waals surface area contributed by atoms with Crippen molar-refractivity contribution in [2.45, 2.75) is 18.9 Å². The number of hydrogen-bond acceptors (Lipinski definition) is 4. The summed E-state index contributed by atoms with van der Waals surface area (Å²) in [5.74, 6) is 2.15. The van der Waals surface area contributed by atoms with Crippen molar-refractivity contribution in [3.8, 4) is 17.2 Å². The van der Waals surface area contributed by atoms with Crippen LogP contribution in [-0.2, 0) is 4.79 Å². The van der Waals surface area contributed by atoms with Crippen molar-refractivity contribution < 1.29 is 19.0 Å². The number of benzene rings is 2. The highest BCUT2D eigenvalue weighted by molar-refractivity contribution is 5.92. The maximum absolute atomic E-state index is 12.8. The molecule has 3 rings (SSSR count). The van der Waals surface area contributed by atoms with Gasteiger partial charge in [-0.05, 0) is 54.3 Å². The topological polar surface area (TPSA) is 48.0 Å². The molecule has 0 N–H and O–H groups in total. The van der Waals surface area contributed by atoms with Gasteiger partial charge in [0.1, 0.15) is 5.75 Å². The minimum absolute atomic E-state index is 0.0168. The number of amides is 1. The number of ether oxygens (including phenoxy) is 3. The highest BCUT2D eigenvalue weighted by Gasteiger charge is 2.28. The van der Waals surface area contributed by atoms with E-state index in [0.29, 0.717) is 11.5 Å². The van der Waals surface area contributed by atoms with Gasteiger partial charge in [-0.15, -0.1) is 0 Å². The van der Waals surface area contributed by atoms with Crippen molar-refractivity contribution in [2.75, 3.05) is 27.9 Å². The summed E-state index contributed by atoms with van der Waals surface area (Å²) in [7, 11) is 4.85. The molecule has 0 spiro atoms. The first-order valence-corrected chi connectivity index (χ1v) is 9.01. The van der Waals surface area contributed by atoms with E-state index in [2.05, 4.69) is 0 Å². The molecule has 5 heteroatoms. The summed E-state index contributed by atoms with van der Waals surface area (Å²) in [4.78, 5) is 14.7. The van der Waals surface area contributed by atoms with Crippen molar-refractivity contribution in [1.29, 1.82) is 0 Å². The summed E-state index contributed by atoms with van der Waals surface area (Å²) in [6.45, 7) is 0.770. The maximum atomic E-state index is 12.8. The lowest BCUT2D eigenvalue weighted by atomic mass is 10.0. The SMILES string of the molecule is COc1ccc(C2CCCN2C(=O)/C=C/c2ccc(OC)c(OC)c2)cc1. The Morgan fingerprint density at radius 1 is 1.00 bits per heavy atom. The highest BCUT2D eigenvalue weighted by atomic mass is 16.5. The molecule has 0 radical (unpaired) electrons. The number of hydrogen-bond donors (Lipinski definition) is 0. The highest BCUT2D eigenvalue weighted by Crippen LogP contribution is 2.33. The molecule has 1 unspecified atom stereocenters. The second-order valence-electron chi connectivity index (χ2n) is 6.41. The second kappa shape index (κ2) is 8.62. The van der Waals surface area contributed by atoms with Crippen molar-refractivity contribution in [3.05, 3.63) is 59.7 Å². The number of methoxy groups -OCH3 is 3. The van der Waals surface area contributed by atoms with E-state index >= 15 is 0 Å². The average Bonchev–Trinajstić information content (AvgIpc) is 3.21. The molecule has 1 fully saturated rings. The molecule has 27 heavy (non-hydrogen) atoms. The van der Waals surface area contributed by atoms with Gasteiger partial charge in [-0.1, -0.05) is 18.2 Å². The fourth-order valence-corrected chi connectivity index (χ4v) is 3.42. The van der Waals surface area contributed by atoms with Crippen LogP contribution in [0.5, 0.6) is 17.2 Å². The van der Waals surface area contributed by atoms with Crippen molar-refractivity contribution >= 4 is 12.0 Å². The minimum Gasteiger partial charge on any atom is -0.497 e. The average molecular weight is 367 g/mol. The van der Waals surface area contributed by atoms with Gasteiger partial charge in [0.15, 0.2) is 11.5 Å². The van der Waals surface area contributed by atoms with Gasteiger partial charge in [0.05, 0.1) is 27.4 Å². The zero-order valence-corrected chi connectivity index (χ0v) is 16.0. The minimum atomic E-state index is 0.0168. The zero-order chi connectivity index (χ0) is 19.2. The van der Waals surface area contributed by atoms with E-state index in [1.54, 1.807) is 27.4 Å². The van der Waals surface area contributed by atoms with Crippen LogP contribution in [0, 0.1) is 0 Å². The molecule has 0 bridgehead atoms. The molecule has 0 aromatic heterocycles. The number of rotatable bonds is 6. The molecular weight excluding hydrogens is 342 g/mol. The Balaban J connectivity index is 1.73. The molecule has 0 aliphatic carbocycles. The quantitative estimate of drug-likeness (QED) is 0.722. The van der Waals surface area contributed by atoms with E-state index in [0.717, 1.165) is 36.3 Å². The van der Waals surface area contributed by atoms with Crippen molar-refractivity contribution in [2.24, 2.45) is 0 Å². The van der Waals surface area contributed by atoms with Gasteiger partial charge in [-0.3, -0.25) is 4.79 Å². The molecule has 2 aromatic rings. The summed E-state index contributed by atoms with van der Waals surface area (Å²) in [5, 5.41) is 0. The Kier molecular flexibility index (Phi) is 6.01. The largest absolute Gasteiger partial charge is 0.497 e. The summed E-state index contributed by atoms with van der Waals surface area (Å²) >= 11 is 0. The summed E-state index contributed by atoms with van der Waals surface area (Å²) in [5.41, 5.74) is 2.03. The molecule has 1 atom stereocenters. The molecule has 1 amide bonds. The van der Waals surface area contributed by atoms with Crippen LogP contribution in [0.3, 0.4) is 0 Å². The van der Waals surface area contributed by atoms with E-state index in [1.807, 2.05) is 53.4 Å². The summed E-state index contributed by atoms with van der Waals surface area (Å²) < 4.78 is 15.8. The Morgan fingerprint density at radius 3 is 2.41 bits per heavy atom. The van der Waals surface area contributed by atoms with E-state index in [1.165, 1.54) is 0 Å². The van der Waals surface area contributed by atoms with E-state index in [-0.39, 0.29) is 11.9 Å². The van der Waals surface area contributed by atoms with Crippen molar-refractivity contribution in [1.82, 2.24) is 4.90 Å². The molecule has 1 aliphatic heterocycles. The van der Waals surface area contributed by atoms with Gasteiger partial charge in [0.25, 0.3) is 0 Å². The molecule has 1 aliphatic rings. The molecule has 142 valence electrons. The molecule has 0 saturated carbocycles. The fraction of sp³-hybridized carbons (Fsp3) is 0.318. The van der Waals surface area contributed by atoms with Gasteiger partial charge < -0.3 is 19.1 Å². The standard InChI is InChI=1S/C22H25NO4/c1-25-18-10-8-17(9-11-18)19-5-4-14-23(19)22(24)13-7-16-6-12-20(26-2)21(15-16)27-3/h6-13,15,19H,4-5,14H2,1-3H3/b13-7+. The molecule has 1 saturated heterocycles. The van der Waals surface area contributed by atoms with Gasteiger partial charge in [0.2, 0.25) is 5.91 Å². The monoisotopic (exact) mass is 367 g/mol. The third kappa shape index (κ3) is 4.25. The van der Waals surface area contributed by atoms with Gasteiger partial charge in [-0.2, -0.15) is 0 Å². The predicted octanol–water partition coefficient (Wildman–Crippen LogP) is 4.09. The first-order valence-electron chi connectivity index (χ1n) is 9.01. The van der Waals surface area contributed by atoms with Crippen LogP contribution >= 0.6 is 0 Å². The Hall–Kier alpha value is -2.95. The first kappa shape index (κ1) is 18.8. The number of likely N-dealkylation sites (tertiary alicyclic amines) is 1. The number of carbonyl (C=O) groups excluding carboxylic acids is 1. The van der Waals surface area contributed by atoms with Crippen LogP contribution in [0.4, 0.5) is 0 Å². The maximum Gasteiger partial charge on any atom is 0.247 e. The smallest absolute Gasteiger partial charge is 0.247 e. The lowest BCUT2D eigenvalue weighted by molar-refractivity contribution is -0.126. The predicted molar refractivity (Wildman–Crippen MR) is 105 cm³/mol. The van der Waals surface area contributed by atoms with E-state index in [4.69, 9.17) is 14.2 Å². The lowest BCUT2D eigenvalue weighted by Crippen LogP contribution is -2.28. The number of carbonyl (C=O) groups is 1. The Morgan fingerprint density at radius 2 is 1.74 bits per heavy atom. The Bertz CT molecular complexity index is 814. The third-order valence-electron chi connectivity index (χ3n) is 4.86. The molecule has 5 nitrogen and oxygen atoms in total. The normalized spacial score (nSPS) is 16.6. The van der Waals surface area contributed by atoms with E-state index < -0.39 is 0 Å². The molecule has 2 aromatic carbocycles. The first-order chi connectivity index (χ1) is 13.2. The van der Waals surface area contributed by atoms with Crippen LogP contribution in [0.2, 0.25) is 0 Å². The fourth-order valence-electron chi connectivity index (χ4n) is 3.42. The van der Waals surface area contributed by atoms with Crippen LogP contribution in [-0.4, -0.2) is 38.7 Å². The Labute approximate surface area is 160 Å². The molecular formula is C22H25NO4. The van der Waals surface area contributed by atoms with E-state index in [9.17, 15) is 4.79 Å². The molecule has 1 heterocycles. The van der Waals surface area contributed by atoms with Crippen LogP contribution < -0.4 is 14.2 Å². The van der Waals surface area contributed by atoms with Crippen LogP contribution in [0.1, 0.15) is 30.0 Å². The summed E-state index contributed by atoms with van der Waals surface area (Å²) in [6.07, 6.45) is 5.42. The third-order valence-corrected chi connectivity index (χ3v) is 4.86. The lowest BCUT2D eigenvalue weighted by Gasteiger charge is -2.24. The number of nitrogens with zero attached hydrogens (tertiary/aromatic N) is 1. The second-order valence-corrected chi connectivity index (χ2v) is 6.41. The van der Waals surface area contributed by atoms with Gasteiger partial charge >= 0.3 is 0 Å². The van der Waals surface area contributed by atoms with Crippen molar-refractivity contribution in [3.63, 3.8) is 0 Å². The van der Waals surface area contributed by atoms with Gasteiger partial charge in [-0.25, -0.2) is 0 Å². The van der Waals surface area contributed by atoms with Crippen LogP contribution in [0.25, 0.3) is 6.08 Å². The van der Waals surface area contributed by atoms with Crippen LogP contribution in [0.15, 0.2) is 48.5 Å². The summed E-state index contributed by atoms with van der Waals surface area (Å²) in [6, 6.07) is 13.6.